The van der Waals surface area contributed by atoms with E-state index in [1.165, 1.54) is 135 Å². The molecule has 1 aromatic heterocycles. The van der Waals surface area contributed by atoms with E-state index >= 15 is 0 Å². The number of anilines is 1. The maximum absolute atomic E-state index is 6.39. The van der Waals surface area contributed by atoms with Gasteiger partial charge in [-0.2, -0.15) is 9.97 Å². The minimum atomic E-state index is 0.356. The summed E-state index contributed by atoms with van der Waals surface area (Å²) >= 11 is 6.39. The molecule has 0 amide bonds. The normalized spacial score (nSPS) is 22.6. The van der Waals surface area contributed by atoms with E-state index in [-0.39, 0.29) is 0 Å². The number of rotatable bonds is 3. The molecule has 1 heterocycles. The van der Waals surface area contributed by atoms with Crippen molar-refractivity contribution in [1.82, 2.24) is 15.0 Å². The Kier molecular flexibility index (Phi) is 12.0. The highest BCUT2D eigenvalue weighted by Gasteiger charge is 2.19. The molecule has 2 fully saturated rings. The van der Waals surface area contributed by atoms with E-state index in [0.29, 0.717) is 23.2 Å². The molecule has 2 aliphatic rings. The van der Waals surface area contributed by atoms with Crippen molar-refractivity contribution in [2.45, 2.75) is 147 Å². The second kappa shape index (κ2) is 15.0. The Morgan fingerprint density at radius 2 is 0.935 bits per heavy atom. The van der Waals surface area contributed by atoms with Crippen LogP contribution in [-0.4, -0.2) is 21.0 Å². The highest BCUT2D eigenvalue weighted by molar-refractivity contribution is 6.28. The van der Waals surface area contributed by atoms with Gasteiger partial charge in [-0.1, -0.05) is 109 Å². The van der Waals surface area contributed by atoms with Gasteiger partial charge in [-0.3, -0.25) is 0 Å². The number of aromatic nitrogens is 3. The molecular weight excluding hydrogens is 404 g/mol. The summed E-state index contributed by atoms with van der Waals surface area (Å²) in [5.74, 6) is 2.06. The lowest BCUT2D eigenvalue weighted by atomic mass is 9.94. The first-order valence-corrected chi connectivity index (χ1v) is 13.9. The Morgan fingerprint density at radius 3 is 1.42 bits per heavy atom. The Hall–Kier alpha value is -0.900. The number of nitrogens with zero attached hydrogens (tertiary/aromatic N) is 3. The predicted molar refractivity (Wildman–Crippen MR) is 132 cm³/mol. The van der Waals surface area contributed by atoms with Gasteiger partial charge in [0.2, 0.25) is 11.2 Å². The van der Waals surface area contributed by atoms with E-state index in [0.717, 1.165) is 5.82 Å². The van der Waals surface area contributed by atoms with E-state index in [2.05, 4.69) is 15.3 Å². The monoisotopic (exact) mass is 448 g/mol. The van der Waals surface area contributed by atoms with Crippen LogP contribution in [0.2, 0.25) is 5.28 Å². The van der Waals surface area contributed by atoms with Crippen LogP contribution in [0.15, 0.2) is 0 Å². The number of hydrogen-bond donors (Lipinski definition) is 1. The van der Waals surface area contributed by atoms with Gasteiger partial charge in [0, 0.05) is 12.0 Å². The number of halogens is 1. The van der Waals surface area contributed by atoms with Crippen molar-refractivity contribution in [2.75, 3.05) is 5.32 Å². The molecule has 0 bridgehead atoms. The van der Waals surface area contributed by atoms with E-state index < -0.39 is 0 Å². The fourth-order valence-electron chi connectivity index (χ4n) is 5.35. The molecule has 176 valence electrons. The number of nitrogens with one attached hydrogen (secondary N) is 1. The molecule has 0 spiro atoms. The Bertz CT molecular complexity index is 585. The maximum Gasteiger partial charge on any atom is 0.227 e. The molecule has 0 unspecified atom stereocenters. The van der Waals surface area contributed by atoms with Gasteiger partial charge in [0.25, 0.3) is 0 Å². The van der Waals surface area contributed by atoms with E-state index in [9.17, 15) is 0 Å². The SMILES string of the molecule is Clc1nc(NC2CCCCCCCCCCC2)nc(C2CCCCCCCCCC2)n1. The van der Waals surface area contributed by atoms with E-state index in [4.69, 9.17) is 16.6 Å². The fraction of sp³-hybridized carbons (Fsp3) is 0.885. The van der Waals surface area contributed by atoms with Gasteiger partial charge in [-0.05, 0) is 37.3 Å². The third kappa shape index (κ3) is 10.1. The van der Waals surface area contributed by atoms with Crippen LogP contribution in [0.1, 0.15) is 147 Å². The first-order valence-electron chi connectivity index (χ1n) is 13.5. The van der Waals surface area contributed by atoms with Crippen LogP contribution in [0.25, 0.3) is 0 Å². The zero-order valence-electron chi connectivity index (χ0n) is 19.7. The molecule has 0 aliphatic heterocycles. The molecule has 0 radical (unpaired) electrons. The van der Waals surface area contributed by atoms with Crippen molar-refractivity contribution in [3.63, 3.8) is 0 Å². The summed E-state index contributed by atoms with van der Waals surface area (Å²) in [7, 11) is 0. The molecule has 0 saturated heterocycles. The molecule has 2 saturated carbocycles. The summed E-state index contributed by atoms with van der Waals surface area (Å²) < 4.78 is 0. The van der Waals surface area contributed by atoms with Crippen LogP contribution in [0.3, 0.4) is 0 Å². The second-order valence-electron chi connectivity index (χ2n) is 9.99. The van der Waals surface area contributed by atoms with Crippen molar-refractivity contribution in [3.8, 4) is 0 Å². The van der Waals surface area contributed by atoms with E-state index in [1.54, 1.807) is 0 Å². The molecule has 1 aromatic rings. The van der Waals surface area contributed by atoms with Crippen LogP contribution in [0.5, 0.6) is 0 Å². The summed E-state index contributed by atoms with van der Waals surface area (Å²) in [6, 6.07) is 0.457. The quantitative estimate of drug-likeness (QED) is 0.502. The van der Waals surface area contributed by atoms with Gasteiger partial charge >= 0.3 is 0 Å². The van der Waals surface area contributed by atoms with Gasteiger partial charge < -0.3 is 5.32 Å². The summed E-state index contributed by atoms with van der Waals surface area (Å²) in [5.41, 5.74) is 0. The van der Waals surface area contributed by atoms with Gasteiger partial charge in [0.05, 0.1) is 0 Å². The predicted octanol–water partition coefficient (Wildman–Crippen LogP) is 8.61. The van der Waals surface area contributed by atoms with Crippen molar-refractivity contribution < 1.29 is 0 Å². The van der Waals surface area contributed by atoms with Crippen molar-refractivity contribution in [3.05, 3.63) is 11.1 Å². The first kappa shape index (κ1) is 24.7. The fourth-order valence-corrected chi connectivity index (χ4v) is 5.51. The second-order valence-corrected chi connectivity index (χ2v) is 10.3. The van der Waals surface area contributed by atoms with Crippen LogP contribution in [-0.2, 0) is 0 Å². The summed E-state index contributed by atoms with van der Waals surface area (Å²) in [4.78, 5) is 14.0. The highest BCUT2D eigenvalue weighted by atomic mass is 35.5. The Labute approximate surface area is 195 Å². The third-order valence-electron chi connectivity index (χ3n) is 7.28. The van der Waals surface area contributed by atoms with Crippen LogP contribution in [0, 0.1) is 0 Å². The zero-order valence-corrected chi connectivity index (χ0v) is 20.5. The zero-order chi connectivity index (χ0) is 21.6. The van der Waals surface area contributed by atoms with Crippen molar-refractivity contribution >= 4 is 17.5 Å². The molecule has 0 atom stereocenters. The Balaban J connectivity index is 1.63. The summed E-state index contributed by atoms with van der Waals surface area (Å²) in [6.45, 7) is 0. The first-order chi connectivity index (χ1) is 15.3. The molecule has 0 aromatic carbocycles. The minimum Gasteiger partial charge on any atom is -0.351 e. The summed E-state index contributed by atoms with van der Waals surface area (Å²) in [5, 5.41) is 4.02. The Morgan fingerprint density at radius 1 is 0.516 bits per heavy atom. The number of hydrogen-bond acceptors (Lipinski definition) is 4. The van der Waals surface area contributed by atoms with Gasteiger partial charge in [-0.15, -0.1) is 0 Å². The highest BCUT2D eigenvalue weighted by Crippen LogP contribution is 2.29. The van der Waals surface area contributed by atoms with Gasteiger partial charge in [0.15, 0.2) is 0 Å². The lowest BCUT2D eigenvalue weighted by molar-refractivity contribution is 0.476. The van der Waals surface area contributed by atoms with Crippen molar-refractivity contribution in [2.24, 2.45) is 0 Å². The molecule has 2 aliphatic carbocycles. The molecule has 3 rings (SSSR count). The lowest BCUT2D eigenvalue weighted by Gasteiger charge is -2.21. The minimum absolute atomic E-state index is 0.356. The van der Waals surface area contributed by atoms with Crippen molar-refractivity contribution in [1.29, 1.82) is 0 Å². The summed E-state index contributed by atoms with van der Waals surface area (Å²) in [6.07, 6.45) is 27.9. The smallest absolute Gasteiger partial charge is 0.227 e. The van der Waals surface area contributed by atoms with Crippen LogP contribution in [0.4, 0.5) is 5.95 Å². The molecular formula is C26H45ClN4. The topological polar surface area (TPSA) is 50.7 Å². The largest absolute Gasteiger partial charge is 0.351 e. The average molecular weight is 449 g/mol. The average Bonchev–Trinajstić information content (AvgIpc) is 2.81. The standard InChI is InChI=1S/C26H45ClN4/c27-25-29-24(22-18-14-10-6-4-5-7-11-15-19-22)30-26(31-25)28-23-20-16-12-8-2-1-3-9-13-17-21-23/h22-23H,1-21H2,(H,28,29,30,31). The lowest BCUT2D eigenvalue weighted by Crippen LogP contribution is -2.22. The molecule has 4 nitrogen and oxygen atoms in total. The van der Waals surface area contributed by atoms with Gasteiger partial charge in [-0.25, -0.2) is 4.98 Å². The van der Waals surface area contributed by atoms with Crippen LogP contribution >= 0.6 is 11.6 Å². The third-order valence-corrected chi connectivity index (χ3v) is 7.45. The molecule has 1 N–H and O–H groups in total. The molecule has 5 heteroatoms. The van der Waals surface area contributed by atoms with Crippen LogP contribution < -0.4 is 5.32 Å². The molecule has 31 heavy (non-hydrogen) atoms. The van der Waals surface area contributed by atoms with Gasteiger partial charge in [0.1, 0.15) is 5.82 Å². The van der Waals surface area contributed by atoms with E-state index in [1.807, 2.05) is 0 Å². The maximum atomic E-state index is 6.39.